The average Bonchev–Trinajstić information content (AvgIpc) is 2.95. The van der Waals surface area contributed by atoms with Crippen LogP contribution in [0.25, 0.3) is 10.9 Å². The van der Waals surface area contributed by atoms with Gasteiger partial charge < -0.3 is 5.32 Å². The van der Waals surface area contributed by atoms with Crippen molar-refractivity contribution in [1.29, 1.82) is 0 Å². The van der Waals surface area contributed by atoms with E-state index in [1.807, 2.05) is 36.0 Å². The third kappa shape index (κ3) is 3.98. The van der Waals surface area contributed by atoms with Gasteiger partial charge in [0.1, 0.15) is 5.82 Å². The Balaban J connectivity index is 1.48. The smallest absolute Gasteiger partial charge is 0.221 e. The van der Waals surface area contributed by atoms with Crippen LogP contribution in [0.5, 0.6) is 0 Å². The number of aromatic nitrogens is 2. The molecule has 3 rings (SSSR count). The number of rotatable bonds is 6. The molecule has 0 fully saturated rings. The van der Waals surface area contributed by atoms with Gasteiger partial charge in [0.25, 0.3) is 0 Å². The van der Waals surface area contributed by atoms with Gasteiger partial charge in [-0.1, -0.05) is 23.8 Å². The van der Waals surface area contributed by atoms with Gasteiger partial charge in [0.2, 0.25) is 5.91 Å². The third-order valence-corrected chi connectivity index (χ3v) is 3.97. The van der Waals surface area contributed by atoms with Gasteiger partial charge in [0.05, 0.1) is 18.3 Å². The predicted octanol–water partition coefficient (Wildman–Crippen LogP) is 3.23. The minimum absolute atomic E-state index is 0.0258. The largest absolute Gasteiger partial charge is 0.356 e. The normalized spacial score (nSPS) is 10.9. The Hall–Kier alpha value is -2.69. The summed E-state index contributed by atoms with van der Waals surface area (Å²) in [7, 11) is 0. The molecule has 3 aromatic rings. The van der Waals surface area contributed by atoms with E-state index in [4.69, 9.17) is 0 Å². The monoisotopic (exact) mass is 325 g/mol. The lowest BCUT2D eigenvalue weighted by Gasteiger charge is -2.07. The van der Waals surface area contributed by atoms with Crippen LogP contribution < -0.4 is 5.32 Å². The molecule has 1 heterocycles. The van der Waals surface area contributed by atoms with E-state index in [9.17, 15) is 9.18 Å². The number of fused-ring (bicyclic) bond motifs is 1. The first-order valence-electron chi connectivity index (χ1n) is 8.05. The summed E-state index contributed by atoms with van der Waals surface area (Å²) in [6.07, 6.45) is 2.81. The molecular formula is C19H20FN3O. The summed E-state index contributed by atoms with van der Waals surface area (Å²) < 4.78 is 14.9. The lowest BCUT2D eigenvalue weighted by molar-refractivity contribution is -0.121. The van der Waals surface area contributed by atoms with Crippen molar-refractivity contribution in [3.63, 3.8) is 0 Å². The highest BCUT2D eigenvalue weighted by molar-refractivity contribution is 5.80. The van der Waals surface area contributed by atoms with E-state index in [0.717, 1.165) is 16.5 Å². The summed E-state index contributed by atoms with van der Waals surface area (Å²) in [6, 6.07) is 12.6. The summed E-state index contributed by atoms with van der Waals surface area (Å²) in [4.78, 5) is 12.0. The number of hydrogen-bond acceptors (Lipinski definition) is 2. The Bertz CT molecular complexity index is 857. The van der Waals surface area contributed by atoms with Crippen LogP contribution in [0.1, 0.15) is 17.5 Å². The Labute approximate surface area is 140 Å². The minimum Gasteiger partial charge on any atom is -0.356 e. The Morgan fingerprint density at radius 1 is 1.25 bits per heavy atom. The van der Waals surface area contributed by atoms with Crippen LogP contribution in [-0.2, 0) is 17.8 Å². The van der Waals surface area contributed by atoms with Crippen molar-refractivity contribution in [2.24, 2.45) is 0 Å². The first kappa shape index (κ1) is 16.2. The first-order chi connectivity index (χ1) is 11.6. The number of benzene rings is 2. The molecule has 4 nitrogen and oxygen atoms in total. The Kier molecular flexibility index (Phi) is 4.89. The quantitative estimate of drug-likeness (QED) is 0.756. The van der Waals surface area contributed by atoms with Gasteiger partial charge in [-0.25, -0.2) is 4.39 Å². The molecule has 1 aromatic heterocycles. The van der Waals surface area contributed by atoms with Crippen molar-refractivity contribution < 1.29 is 9.18 Å². The topological polar surface area (TPSA) is 46.9 Å². The first-order valence-corrected chi connectivity index (χ1v) is 8.05. The molecule has 5 heteroatoms. The van der Waals surface area contributed by atoms with Crippen molar-refractivity contribution in [2.45, 2.75) is 26.3 Å². The number of nitrogens with one attached hydrogen (secondary N) is 1. The van der Waals surface area contributed by atoms with Crippen LogP contribution in [0, 0.1) is 12.7 Å². The molecule has 0 saturated carbocycles. The maximum absolute atomic E-state index is 13.1. The van der Waals surface area contributed by atoms with Gasteiger partial charge in [-0.3, -0.25) is 9.48 Å². The Morgan fingerprint density at radius 2 is 2.12 bits per heavy atom. The van der Waals surface area contributed by atoms with E-state index in [-0.39, 0.29) is 11.7 Å². The van der Waals surface area contributed by atoms with E-state index >= 15 is 0 Å². The zero-order valence-corrected chi connectivity index (χ0v) is 13.6. The number of hydrogen-bond donors (Lipinski definition) is 1. The Morgan fingerprint density at radius 3 is 2.96 bits per heavy atom. The summed E-state index contributed by atoms with van der Waals surface area (Å²) in [5.74, 6) is -0.276. The molecule has 0 radical (unpaired) electrons. The van der Waals surface area contributed by atoms with Gasteiger partial charge in [-0.05, 0) is 43.2 Å². The standard InChI is InChI=1S/C19H20FN3O/c1-14-5-6-18-16(11-14)13-22-23(18)10-8-19(24)21-9-7-15-3-2-4-17(20)12-15/h2-6,11-13H,7-10H2,1H3,(H,21,24). The number of carbonyl (C=O) groups excluding carboxylic acids is 1. The zero-order valence-electron chi connectivity index (χ0n) is 13.6. The molecule has 0 aliphatic heterocycles. The summed E-state index contributed by atoms with van der Waals surface area (Å²) in [5, 5.41) is 8.29. The molecule has 0 atom stereocenters. The maximum Gasteiger partial charge on any atom is 0.221 e. The van der Waals surface area contributed by atoms with Crippen molar-refractivity contribution in [3.8, 4) is 0 Å². The summed E-state index contributed by atoms with van der Waals surface area (Å²) in [6.45, 7) is 3.09. The lowest BCUT2D eigenvalue weighted by Crippen LogP contribution is -2.26. The average molecular weight is 325 g/mol. The van der Waals surface area contributed by atoms with E-state index in [1.54, 1.807) is 6.07 Å². The van der Waals surface area contributed by atoms with Gasteiger partial charge in [0.15, 0.2) is 0 Å². The second kappa shape index (κ2) is 7.25. The second-order valence-corrected chi connectivity index (χ2v) is 5.91. The number of halogens is 1. The summed E-state index contributed by atoms with van der Waals surface area (Å²) >= 11 is 0. The van der Waals surface area contributed by atoms with Crippen molar-refractivity contribution >= 4 is 16.8 Å². The van der Waals surface area contributed by atoms with E-state index in [2.05, 4.69) is 16.5 Å². The van der Waals surface area contributed by atoms with Crippen molar-refractivity contribution in [2.75, 3.05) is 6.54 Å². The molecule has 0 aliphatic rings. The zero-order chi connectivity index (χ0) is 16.9. The molecule has 1 N–H and O–H groups in total. The number of nitrogens with zero attached hydrogens (tertiary/aromatic N) is 2. The molecule has 1 amide bonds. The molecule has 0 spiro atoms. The maximum atomic E-state index is 13.1. The molecule has 0 unspecified atom stereocenters. The van der Waals surface area contributed by atoms with Crippen LogP contribution in [0.15, 0.2) is 48.7 Å². The summed E-state index contributed by atoms with van der Waals surface area (Å²) in [5.41, 5.74) is 3.11. The van der Waals surface area contributed by atoms with Crippen LogP contribution in [0.3, 0.4) is 0 Å². The molecule has 2 aromatic carbocycles. The predicted molar refractivity (Wildman–Crippen MR) is 92.2 cm³/mol. The SMILES string of the molecule is Cc1ccc2c(cnn2CCC(=O)NCCc2cccc(F)c2)c1. The van der Waals surface area contributed by atoms with Crippen LogP contribution in [0.4, 0.5) is 4.39 Å². The second-order valence-electron chi connectivity index (χ2n) is 5.91. The van der Waals surface area contributed by atoms with E-state index < -0.39 is 0 Å². The molecular weight excluding hydrogens is 305 g/mol. The van der Waals surface area contributed by atoms with Gasteiger partial charge in [0, 0.05) is 18.4 Å². The third-order valence-electron chi connectivity index (χ3n) is 3.97. The van der Waals surface area contributed by atoms with Crippen LogP contribution in [-0.4, -0.2) is 22.2 Å². The highest BCUT2D eigenvalue weighted by atomic mass is 19.1. The van der Waals surface area contributed by atoms with Gasteiger partial charge in [-0.15, -0.1) is 0 Å². The molecule has 0 saturated heterocycles. The number of aryl methyl sites for hydroxylation is 2. The van der Waals surface area contributed by atoms with Gasteiger partial charge >= 0.3 is 0 Å². The fourth-order valence-electron chi connectivity index (χ4n) is 2.72. The van der Waals surface area contributed by atoms with Crippen LogP contribution >= 0.6 is 0 Å². The van der Waals surface area contributed by atoms with Crippen molar-refractivity contribution in [1.82, 2.24) is 15.1 Å². The molecule has 24 heavy (non-hydrogen) atoms. The lowest BCUT2D eigenvalue weighted by atomic mass is 10.1. The molecule has 0 aliphatic carbocycles. The van der Waals surface area contributed by atoms with Crippen LogP contribution in [0.2, 0.25) is 0 Å². The fraction of sp³-hybridized carbons (Fsp3) is 0.263. The minimum atomic E-state index is -0.250. The van der Waals surface area contributed by atoms with E-state index in [1.165, 1.54) is 17.7 Å². The molecule has 0 bridgehead atoms. The van der Waals surface area contributed by atoms with Gasteiger partial charge in [-0.2, -0.15) is 5.10 Å². The molecule has 124 valence electrons. The highest BCUT2D eigenvalue weighted by Gasteiger charge is 2.06. The van der Waals surface area contributed by atoms with Crippen molar-refractivity contribution in [3.05, 3.63) is 65.6 Å². The highest BCUT2D eigenvalue weighted by Crippen LogP contribution is 2.15. The fourth-order valence-corrected chi connectivity index (χ4v) is 2.72. The van der Waals surface area contributed by atoms with E-state index in [0.29, 0.717) is 25.9 Å². The number of carbonyl (C=O) groups is 1. The number of amides is 1.